The first-order valence-electron chi connectivity index (χ1n) is 7.60. The van der Waals surface area contributed by atoms with Crippen LogP contribution < -0.4 is 10.2 Å². The molecule has 1 heterocycles. The lowest BCUT2D eigenvalue weighted by molar-refractivity contribution is 0.102. The van der Waals surface area contributed by atoms with Crippen LogP contribution in [0.3, 0.4) is 0 Å². The molecule has 0 saturated heterocycles. The molecule has 0 aliphatic rings. The molecule has 4 nitrogen and oxygen atoms in total. The molecule has 0 atom stereocenters. The third kappa shape index (κ3) is 3.19. The summed E-state index contributed by atoms with van der Waals surface area (Å²) in [6.45, 7) is 1.88. The number of nitrogens with zero attached hydrogens (tertiary/aromatic N) is 2. The molecule has 0 radical (unpaired) electrons. The molecule has 1 N–H and O–H groups in total. The van der Waals surface area contributed by atoms with Crippen LogP contribution >= 0.6 is 11.6 Å². The number of carbonyl (C=O) groups is 1. The second-order valence-corrected chi connectivity index (χ2v) is 6.27. The van der Waals surface area contributed by atoms with Gasteiger partial charge in [0.1, 0.15) is 0 Å². The zero-order valence-electron chi connectivity index (χ0n) is 13.8. The van der Waals surface area contributed by atoms with Crippen molar-refractivity contribution in [2.75, 3.05) is 24.3 Å². The highest BCUT2D eigenvalue weighted by atomic mass is 35.5. The first-order valence-corrected chi connectivity index (χ1v) is 7.98. The van der Waals surface area contributed by atoms with Crippen molar-refractivity contribution >= 4 is 39.8 Å². The van der Waals surface area contributed by atoms with Crippen molar-refractivity contribution in [3.05, 3.63) is 64.8 Å². The van der Waals surface area contributed by atoms with Crippen LogP contribution in [0.2, 0.25) is 5.02 Å². The van der Waals surface area contributed by atoms with Crippen LogP contribution in [-0.2, 0) is 0 Å². The Bertz CT molecular complexity index is 922. The number of carbonyl (C=O) groups excluding carboxylic acids is 1. The molecule has 5 heteroatoms. The molecule has 0 unspecified atom stereocenters. The van der Waals surface area contributed by atoms with E-state index in [1.807, 2.05) is 56.3 Å². The molecule has 0 spiro atoms. The van der Waals surface area contributed by atoms with Gasteiger partial charge < -0.3 is 10.2 Å². The molecule has 122 valence electrons. The number of halogens is 1. The summed E-state index contributed by atoms with van der Waals surface area (Å²) in [6.07, 6.45) is 0. The number of fused-ring (bicyclic) bond motifs is 1. The first-order chi connectivity index (χ1) is 11.5. The van der Waals surface area contributed by atoms with Gasteiger partial charge in [-0.1, -0.05) is 29.8 Å². The molecular formula is C19H18ClN3O. The molecule has 3 aromatic rings. The van der Waals surface area contributed by atoms with Crippen LogP contribution in [0.4, 0.5) is 11.4 Å². The number of benzene rings is 2. The van der Waals surface area contributed by atoms with Crippen LogP contribution in [0.5, 0.6) is 0 Å². The highest BCUT2D eigenvalue weighted by Crippen LogP contribution is 2.29. The summed E-state index contributed by atoms with van der Waals surface area (Å²) in [4.78, 5) is 19.3. The van der Waals surface area contributed by atoms with Crippen molar-refractivity contribution in [1.29, 1.82) is 0 Å². The molecule has 2 aromatic carbocycles. The van der Waals surface area contributed by atoms with Gasteiger partial charge in [0.2, 0.25) is 0 Å². The van der Waals surface area contributed by atoms with E-state index in [-0.39, 0.29) is 5.91 Å². The van der Waals surface area contributed by atoms with Gasteiger partial charge in [-0.15, -0.1) is 0 Å². The third-order valence-electron chi connectivity index (χ3n) is 3.78. The van der Waals surface area contributed by atoms with Crippen LogP contribution in [0, 0.1) is 6.92 Å². The summed E-state index contributed by atoms with van der Waals surface area (Å²) in [5.41, 5.74) is 3.78. The number of aromatic nitrogens is 1. The lowest BCUT2D eigenvalue weighted by atomic mass is 10.1. The van der Waals surface area contributed by atoms with Gasteiger partial charge in [-0.05, 0) is 37.3 Å². The maximum atomic E-state index is 12.9. The smallest absolute Gasteiger partial charge is 0.256 e. The fraction of sp³-hybridized carbons (Fsp3) is 0.158. The molecule has 0 bridgehead atoms. The molecule has 0 fully saturated rings. The molecule has 0 aliphatic carbocycles. The highest BCUT2D eigenvalue weighted by Gasteiger charge is 2.14. The Hall–Kier alpha value is -2.59. The van der Waals surface area contributed by atoms with Gasteiger partial charge in [-0.25, -0.2) is 0 Å². The summed E-state index contributed by atoms with van der Waals surface area (Å²) >= 11 is 6.09. The number of hydrogen-bond acceptors (Lipinski definition) is 3. The Morgan fingerprint density at radius 3 is 2.62 bits per heavy atom. The monoisotopic (exact) mass is 339 g/mol. The Labute approximate surface area is 146 Å². The topological polar surface area (TPSA) is 45.2 Å². The van der Waals surface area contributed by atoms with E-state index in [1.54, 1.807) is 18.2 Å². The molecule has 0 saturated carbocycles. The number of pyridine rings is 1. The summed E-state index contributed by atoms with van der Waals surface area (Å²) in [6, 6.07) is 14.9. The maximum absolute atomic E-state index is 12.9. The van der Waals surface area contributed by atoms with E-state index < -0.39 is 0 Å². The van der Waals surface area contributed by atoms with Crippen molar-refractivity contribution in [1.82, 2.24) is 4.98 Å². The Morgan fingerprint density at radius 1 is 1.12 bits per heavy atom. The number of para-hydroxylation sites is 1. The Kier molecular flexibility index (Phi) is 4.40. The fourth-order valence-corrected chi connectivity index (χ4v) is 2.86. The third-order valence-corrected chi connectivity index (χ3v) is 4.01. The zero-order chi connectivity index (χ0) is 17.3. The van der Waals surface area contributed by atoms with Gasteiger partial charge in [-0.2, -0.15) is 0 Å². The van der Waals surface area contributed by atoms with Crippen LogP contribution in [0.25, 0.3) is 10.9 Å². The van der Waals surface area contributed by atoms with E-state index in [0.717, 1.165) is 22.3 Å². The van der Waals surface area contributed by atoms with Crippen molar-refractivity contribution < 1.29 is 4.79 Å². The summed E-state index contributed by atoms with van der Waals surface area (Å²) < 4.78 is 0. The lowest BCUT2D eigenvalue weighted by Gasteiger charge is -2.18. The minimum absolute atomic E-state index is 0.179. The van der Waals surface area contributed by atoms with Gasteiger partial charge in [0, 0.05) is 30.2 Å². The average molecular weight is 340 g/mol. The van der Waals surface area contributed by atoms with Crippen molar-refractivity contribution in [2.45, 2.75) is 6.92 Å². The minimum Gasteiger partial charge on any atom is -0.376 e. The van der Waals surface area contributed by atoms with Crippen LogP contribution in [0.1, 0.15) is 16.1 Å². The van der Waals surface area contributed by atoms with Crippen molar-refractivity contribution in [3.63, 3.8) is 0 Å². The van der Waals surface area contributed by atoms with Gasteiger partial charge in [-0.3, -0.25) is 9.78 Å². The van der Waals surface area contributed by atoms with E-state index in [4.69, 9.17) is 11.6 Å². The Morgan fingerprint density at radius 2 is 1.88 bits per heavy atom. The van der Waals surface area contributed by atoms with Crippen LogP contribution in [-0.4, -0.2) is 25.0 Å². The number of nitrogens with one attached hydrogen (secondary N) is 1. The molecule has 1 amide bonds. The van der Waals surface area contributed by atoms with Gasteiger partial charge >= 0.3 is 0 Å². The predicted octanol–water partition coefficient (Wildman–Crippen LogP) is 4.51. The van der Waals surface area contributed by atoms with E-state index in [1.165, 1.54) is 0 Å². The largest absolute Gasteiger partial charge is 0.376 e. The number of amides is 1. The number of rotatable bonds is 3. The average Bonchev–Trinajstić information content (AvgIpc) is 2.53. The summed E-state index contributed by atoms with van der Waals surface area (Å²) in [5.74, 6) is -0.179. The maximum Gasteiger partial charge on any atom is 0.256 e. The normalized spacial score (nSPS) is 10.7. The Balaban J connectivity index is 2.04. The molecule has 1 aromatic heterocycles. The van der Waals surface area contributed by atoms with E-state index >= 15 is 0 Å². The second kappa shape index (κ2) is 6.49. The van der Waals surface area contributed by atoms with E-state index in [0.29, 0.717) is 16.3 Å². The molecule has 3 rings (SSSR count). The lowest BCUT2D eigenvalue weighted by Crippen LogP contribution is -2.17. The molecule has 0 aliphatic heterocycles. The fourth-order valence-electron chi connectivity index (χ4n) is 2.68. The highest BCUT2D eigenvalue weighted by molar-refractivity contribution is 6.31. The van der Waals surface area contributed by atoms with E-state index in [2.05, 4.69) is 10.3 Å². The number of aryl methyl sites for hydroxylation is 1. The van der Waals surface area contributed by atoms with Gasteiger partial charge in [0.15, 0.2) is 0 Å². The standard InChI is InChI=1S/C19H18ClN3O/c1-12-10-15(14-6-4-5-7-16(14)21-12)19(24)22-17-11-13(20)8-9-18(17)23(2)3/h4-11H,1-3H3,(H,22,24). The predicted molar refractivity (Wildman–Crippen MR) is 100 cm³/mol. The molecular weight excluding hydrogens is 322 g/mol. The molecule has 24 heavy (non-hydrogen) atoms. The second-order valence-electron chi connectivity index (χ2n) is 5.84. The first kappa shape index (κ1) is 16.3. The van der Waals surface area contributed by atoms with Gasteiger partial charge in [0.05, 0.1) is 22.5 Å². The van der Waals surface area contributed by atoms with Crippen molar-refractivity contribution in [3.8, 4) is 0 Å². The van der Waals surface area contributed by atoms with Crippen molar-refractivity contribution in [2.24, 2.45) is 0 Å². The minimum atomic E-state index is -0.179. The zero-order valence-corrected chi connectivity index (χ0v) is 14.6. The SMILES string of the molecule is Cc1cc(C(=O)Nc2cc(Cl)ccc2N(C)C)c2ccccc2n1. The summed E-state index contributed by atoms with van der Waals surface area (Å²) in [5, 5.41) is 4.38. The summed E-state index contributed by atoms with van der Waals surface area (Å²) in [7, 11) is 3.84. The van der Waals surface area contributed by atoms with Crippen LogP contribution in [0.15, 0.2) is 48.5 Å². The quantitative estimate of drug-likeness (QED) is 0.763. The number of hydrogen-bond donors (Lipinski definition) is 1. The van der Waals surface area contributed by atoms with E-state index in [9.17, 15) is 4.79 Å². The number of anilines is 2. The van der Waals surface area contributed by atoms with Gasteiger partial charge in [0.25, 0.3) is 5.91 Å².